The van der Waals surface area contributed by atoms with E-state index < -0.39 is 38.5 Å². The highest BCUT2D eigenvalue weighted by molar-refractivity contribution is 7.89. The van der Waals surface area contributed by atoms with E-state index in [4.69, 9.17) is 4.74 Å². The van der Waals surface area contributed by atoms with Crippen molar-refractivity contribution in [3.8, 4) is 11.8 Å². The molecule has 0 amide bonds. The van der Waals surface area contributed by atoms with E-state index in [1.807, 2.05) is 0 Å². The average molecular weight is 458 g/mol. The quantitative estimate of drug-likeness (QED) is 0.534. The first-order valence-corrected chi connectivity index (χ1v) is 10.6. The van der Waals surface area contributed by atoms with Crippen molar-refractivity contribution < 1.29 is 30.7 Å². The van der Waals surface area contributed by atoms with Crippen LogP contribution in [0.5, 0.6) is 11.8 Å². The van der Waals surface area contributed by atoms with Crippen molar-refractivity contribution >= 4 is 10.0 Å². The third kappa shape index (κ3) is 5.20. The molecule has 2 aromatic carbocycles. The van der Waals surface area contributed by atoms with E-state index in [-0.39, 0.29) is 11.8 Å². The van der Waals surface area contributed by atoms with Gasteiger partial charge in [-0.1, -0.05) is 11.2 Å². The fourth-order valence-electron chi connectivity index (χ4n) is 2.79. The third-order valence-electron chi connectivity index (χ3n) is 4.28. The van der Waals surface area contributed by atoms with E-state index in [0.29, 0.717) is 18.4 Å². The molecule has 1 N–H and O–H groups in total. The summed E-state index contributed by atoms with van der Waals surface area (Å²) in [6.07, 6.45) is -4.67. The molecule has 1 heterocycles. The van der Waals surface area contributed by atoms with Crippen LogP contribution in [0.25, 0.3) is 0 Å². The summed E-state index contributed by atoms with van der Waals surface area (Å²) in [7, 11) is -4.28. The second-order valence-electron chi connectivity index (χ2n) is 6.51. The molecule has 0 bridgehead atoms. The largest absolute Gasteiger partial charge is 0.424 e. The van der Waals surface area contributed by atoms with Gasteiger partial charge < -0.3 is 4.74 Å². The number of nitrogens with one attached hydrogen (secondary N) is 1. The molecule has 7 nitrogen and oxygen atoms in total. The fraction of sp³-hybridized carbons (Fsp3) is 0.263. The monoisotopic (exact) mass is 458 g/mol. The smallest absolute Gasteiger partial charge is 0.416 e. The number of halogens is 4. The van der Waals surface area contributed by atoms with E-state index in [9.17, 15) is 26.0 Å². The Morgan fingerprint density at radius 3 is 2.42 bits per heavy atom. The topological polar surface area (TPSA) is 86.1 Å². The van der Waals surface area contributed by atoms with Gasteiger partial charge in [0.15, 0.2) is 5.82 Å². The average Bonchev–Trinajstić information content (AvgIpc) is 3.11. The minimum absolute atomic E-state index is 0.0502. The van der Waals surface area contributed by atoms with Crippen molar-refractivity contribution in [2.75, 3.05) is 0 Å². The van der Waals surface area contributed by atoms with Crippen LogP contribution in [0.3, 0.4) is 0 Å². The van der Waals surface area contributed by atoms with Gasteiger partial charge in [0.1, 0.15) is 11.6 Å². The van der Waals surface area contributed by atoms with E-state index in [1.165, 1.54) is 35.8 Å². The summed E-state index contributed by atoms with van der Waals surface area (Å²) in [5, 5.41) is 7.83. The maximum absolute atomic E-state index is 13.1. The van der Waals surface area contributed by atoms with Crippen molar-refractivity contribution in [1.82, 2.24) is 19.5 Å². The van der Waals surface area contributed by atoms with Crippen LogP contribution < -0.4 is 9.46 Å². The minimum Gasteiger partial charge on any atom is -0.424 e. The van der Waals surface area contributed by atoms with Crippen LogP contribution >= 0.6 is 0 Å². The summed E-state index contributed by atoms with van der Waals surface area (Å²) in [6.45, 7) is 3.54. The van der Waals surface area contributed by atoms with Gasteiger partial charge in [-0.15, -0.1) is 5.10 Å². The number of hydrogen-bond acceptors (Lipinski definition) is 5. The molecule has 0 radical (unpaired) electrons. The molecule has 0 aliphatic carbocycles. The Kier molecular flexibility index (Phi) is 6.32. The van der Waals surface area contributed by atoms with Gasteiger partial charge in [0.2, 0.25) is 10.0 Å². The maximum atomic E-state index is 13.1. The normalized spacial score (nSPS) is 13.2. The van der Waals surface area contributed by atoms with Crippen LogP contribution in [0, 0.1) is 5.82 Å². The van der Waals surface area contributed by atoms with E-state index >= 15 is 0 Å². The predicted octanol–water partition coefficient (Wildman–Crippen LogP) is 4.29. The summed E-state index contributed by atoms with van der Waals surface area (Å²) in [6, 6.07) is 7.74. The number of aromatic nitrogens is 3. The van der Waals surface area contributed by atoms with Crippen LogP contribution in [0.15, 0.2) is 53.4 Å². The van der Waals surface area contributed by atoms with Gasteiger partial charge in [0.25, 0.3) is 0 Å². The first kappa shape index (κ1) is 22.7. The molecule has 3 aromatic rings. The van der Waals surface area contributed by atoms with Crippen LogP contribution in [-0.4, -0.2) is 23.2 Å². The molecule has 0 aliphatic rings. The lowest BCUT2D eigenvalue weighted by Crippen LogP contribution is -2.29. The summed E-state index contributed by atoms with van der Waals surface area (Å²) < 4.78 is 86.4. The fourth-order valence-corrected chi connectivity index (χ4v) is 4.04. The molecule has 12 heteroatoms. The Hall–Kier alpha value is -2.99. The van der Waals surface area contributed by atoms with Crippen LogP contribution in [0.2, 0.25) is 0 Å². The SMILES string of the molecule is CCn1c(Oc2ccc(F)cc2)nnc1[C@@H](C)NS(=O)(=O)c1cccc(C(F)(F)F)c1. The van der Waals surface area contributed by atoms with Gasteiger partial charge in [-0.3, -0.25) is 4.57 Å². The van der Waals surface area contributed by atoms with E-state index in [2.05, 4.69) is 14.9 Å². The molecule has 0 fully saturated rings. The molecule has 1 aromatic heterocycles. The molecular weight excluding hydrogens is 440 g/mol. The first-order chi connectivity index (χ1) is 14.5. The Balaban J connectivity index is 1.84. The zero-order valence-corrected chi connectivity index (χ0v) is 17.2. The van der Waals surface area contributed by atoms with Gasteiger partial charge in [-0.05, 0) is 56.3 Å². The summed E-state index contributed by atoms with van der Waals surface area (Å²) >= 11 is 0. The second kappa shape index (κ2) is 8.63. The number of benzene rings is 2. The van der Waals surface area contributed by atoms with Gasteiger partial charge in [0.05, 0.1) is 16.5 Å². The summed E-state index contributed by atoms with van der Waals surface area (Å²) in [5.74, 6) is 0.0463. The van der Waals surface area contributed by atoms with Crippen LogP contribution in [-0.2, 0) is 22.7 Å². The third-order valence-corrected chi connectivity index (χ3v) is 5.81. The van der Waals surface area contributed by atoms with Crippen LogP contribution in [0.4, 0.5) is 17.6 Å². The molecule has 1 atom stereocenters. The summed E-state index contributed by atoms with van der Waals surface area (Å²) in [5.41, 5.74) is -1.07. The van der Waals surface area contributed by atoms with Crippen molar-refractivity contribution in [2.45, 2.75) is 37.5 Å². The zero-order valence-electron chi connectivity index (χ0n) is 16.4. The van der Waals surface area contributed by atoms with E-state index in [1.54, 1.807) is 6.92 Å². The molecule has 0 spiro atoms. The Morgan fingerprint density at radius 1 is 1.13 bits per heavy atom. The van der Waals surface area contributed by atoms with Crippen LogP contribution in [0.1, 0.15) is 31.3 Å². The highest BCUT2D eigenvalue weighted by atomic mass is 32.2. The Labute approximate surface area is 175 Å². The number of rotatable bonds is 7. The lowest BCUT2D eigenvalue weighted by molar-refractivity contribution is -0.137. The minimum atomic E-state index is -4.67. The number of alkyl halides is 3. The van der Waals surface area contributed by atoms with Crippen molar-refractivity contribution in [2.24, 2.45) is 0 Å². The maximum Gasteiger partial charge on any atom is 0.416 e. The zero-order chi connectivity index (χ0) is 22.8. The highest BCUT2D eigenvalue weighted by Crippen LogP contribution is 2.31. The lowest BCUT2D eigenvalue weighted by Gasteiger charge is -2.16. The van der Waals surface area contributed by atoms with Gasteiger partial charge in [-0.25, -0.2) is 17.5 Å². The highest BCUT2D eigenvalue weighted by Gasteiger charge is 2.32. The molecule has 31 heavy (non-hydrogen) atoms. The summed E-state index contributed by atoms with van der Waals surface area (Å²) in [4.78, 5) is -0.528. The Morgan fingerprint density at radius 2 is 1.81 bits per heavy atom. The standard InChI is InChI=1S/C19H18F4N4O3S/c1-3-27-17(24-25-18(27)30-15-9-7-14(20)8-10-15)12(2)26-31(28,29)16-6-4-5-13(11-16)19(21,22)23/h4-12,26H,3H2,1-2H3/t12-/m1/s1. The van der Waals surface area contributed by atoms with Gasteiger partial charge in [0, 0.05) is 6.54 Å². The van der Waals surface area contributed by atoms with Crippen molar-refractivity contribution in [1.29, 1.82) is 0 Å². The molecule has 0 saturated carbocycles. The molecule has 0 saturated heterocycles. The Bertz CT molecular complexity index is 1160. The first-order valence-electron chi connectivity index (χ1n) is 9.07. The molecule has 166 valence electrons. The second-order valence-corrected chi connectivity index (χ2v) is 8.22. The van der Waals surface area contributed by atoms with E-state index in [0.717, 1.165) is 18.2 Å². The molecule has 3 rings (SSSR count). The molecular formula is C19H18F4N4O3S. The van der Waals surface area contributed by atoms with Gasteiger partial charge in [-0.2, -0.15) is 13.2 Å². The van der Waals surface area contributed by atoms with Crippen molar-refractivity contribution in [3.63, 3.8) is 0 Å². The predicted molar refractivity (Wildman–Crippen MR) is 102 cm³/mol. The number of hydrogen-bond donors (Lipinski definition) is 1. The number of sulfonamides is 1. The number of ether oxygens (including phenoxy) is 1. The lowest BCUT2D eigenvalue weighted by atomic mass is 10.2. The molecule has 0 aliphatic heterocycles. The van der Waals surface area contributed by atoms with Gasteiger partial charge >= 0.3 is 12.2 Å². The van der Waals surface area contributed by atoms with Crippen molar-refractivity contribution in [3.05, 3.63) is 65.7 Å². The molecule has 0 unspecified atom stereocenters. The number of nitrogens with zero attached hydrogens (tertiary/aromatic N) is 3.